The molecular weight excluding hydrogens is 354 g/mol. The summed E-state index contributed by atoms with van der Waals surface area (Å²) in [6, 6.07) is 7.78. The predicted octanol–water partition coefficient (Wildman–Crippen LogP) is 2.41. The Hall–Kier alpha value is -0.920. The van der Waals surface area contributed by atoms with Gasteiger partial charge in [0.1, 0.15) is 0 Å². The lowest BCUT2D eigenvalue weighted by atomic mass is 10.0. The number of aromatic nitrogens is 2. The van der Waals surface area contributed by atoms with Gasteiger partial charge in [-0.1, -0.05) is 39.7 Å². The summed E-state index contributed by atoms with van der Waals surface area (Å²) in [5.41, 5.74) is 4.75. The van der Waals surface area contributed by atoms with Crippen LogP contribution in [0.4, 0.5) is 0 Å². The summed E-state index contributed by atoms with van der Waals surface area (Å²) >= 11 is 9.75. The second-order valence-corrected chi connectivity index (χ2v) is 6.38. The van der Waals surface area contributed by atoms with Crippen molar-refractivity contribution in [2.45, 2.75) is 12.6 Å². The molecule has 1 unspecified atom stereocenters. The van der Waals surface area contributed by atoms with E-state index in [1.807, 2.05) is 43.0 Å². The molecule has 0 spiro atoms. The maximum atomic E-state index is 6.31. The van der Waals surface area contributed by atoms with Gasteiger partial charge in [-0.15, -0.1) is 0 Å². The molecule has 1 aromatic carbocycles. The standard InChI is InChI=1S/C14H19BrClN5/c1-20(2)7-8-21-14(12(16)9-18-21)13(19-17)10-3-5-11(15)6-4-10/h3-6,9,13,19H,7-8,17H2,1-2H3. The van der Waals surface area contributed by atoms with Gasteiger partial charge in [0.2, 0.25) is 0 Å². The van der Waals surface area contributed by atoms with Crippen LogP contribution in [0.3, 0.4) is 0 Å². The molecule has 0 fully saturated rings. The number of likely N-dealkylation sites (N-methyl/N-ethyl adjacent to an activating group) is 1. The van der Waals surface area contributed by atoms with Gasteiger partial charge in [-0.2, -0.15) is 5.10 Å². The summed E-state index contributed by atoms with van der Waals surface area (Å²) in [7, 11) is 4.05. The number of nitrogens with zero attached hydrogens (tertiary/aromatic N) is 3. The van der Waals surface area contributed by atoms with Crippen molar-refractivity contribution in [3.63, 3.8) is 0 Å². The number of nitrogens with one attached hydrogen (secondary N) is 1. The van der Waals surface area contributed by atoms with Gasteiger partial charge in [-0.3, -0.25) is 10.5 Å². The van der Waals surface area contributed by atoms with E-state index in [-0.39, 0.29) is 6.04 Å². The molecule has 0 radical (unpaired) electrons. The Balaban J connectivity index is 2.33. The Morgan fingerprint density at radius 1 is 1.38 bits per heavy atom. The van der Waals surface area contributed by atoms with Gasteiger partial charge in [-0.25, -0.2) is 5.43 Å². The first kappa shape index (κ1) is 16.5. The molecular formula is C14H19BrClN5. The predicted molar refractivity (Wildman–Crippen MR) is 89.1 cm³/mol. The van der Waals surface area contributed by atoms with Gasteiger partial charge in [0.15, 0.2) is 0 Å². The molecule has 0 aliphatic carbocycles. The number of nitrogens with two attached hydrogens (primary N) is 1. The fourth-order valence-corrected chi connectivity index (χ4v) is 2.63. The van der Waals surface area contributed by atoms with E-state index in [1.165, 1.54) is 0 Å². The van der Waals surface area contributed by atoms with Gasteiger partial charge in [0.25, 0.3) is 0 Å². The molecule has 0 aliphatic heterocycles. The van der Waals surface area contributed by atoms with Gasteiger partial charge in [0.05, 0.1) is 29.5 Å². The van der Waals surface area contributed by atoms with Crippen molar-refractivity contribution < 1.29 is 0 Å². The largest absolute Gasteiger partial charge is 0.308 e. The van der Waals surface area contributed by atoms with Crippen LogP contribution in [0.25, 0.3) is 0 Å². The lowest BCUT2D eigenvalue weighted by Crippen LogP contribution is -2.32. The average Bonchev–Trinajstić information content (AvgIpc) is 2.81. The maximum absolute atomic E-state index is 6.31. The van der Waals surface area contributed by atoms with Crippen LogP contribution in [-0.4, -0.2) is 35.3 Å². The van der Waals surface area contributed by atoms with Crippen LogP contribution in [0.2, 0.25) is 5.02 Å². The summed E-state index contributed by atoms with van der Waals surface area (Å²) in [5.74, 6) is 5.76. The molecule has 5 nitrogen and oxygen atoms in total. The Bertz CT molecular complexity index is 582. The van der Waals surface area contributed by atoms with Crippen molar-refractivity contribution in [3.8, 4) is 0 Å². The fraction of sp³-hybridized carbons (Fsp3) is 0.357. The molecule has 2 rings (SSSR count). The van der Waals surface area contributed by atoms with Crippen LogP contribution in [0.5, 0.6) is 0 Å². The van der Waals surface area contributed by atoms with Crippen molar-refractivity contribution in [1.82, 2.24) is 20.1 Å². The van der Waals surface area contributed by atoms with Gasteiger partial charge in [-0.05, 0) is 31.8 Å². The average molecular weight is 373 g/mol. The van der Waals surface area contributed by atoms with Crippen molar-refractivity contribution >= 4 is 27.5 Å². The first-order chi connectivity index (χ1) is 10.0. The van der Waals surface area contributed by atoms with E-state index >= 15 is 0 Å². The molecule has 0 saturated heterocycles. The Kier molecular flexibility index (Phi) is 5.78. The van der Waals surface area contributed by atoms with E-state index < -0.39 is 0 Å². The third kappa shape index (κ3) is 4.05. The molecule has 2 aromatic rings. The number of rotatable bonds is 6. The van der Waals surface area contributed by atoms with E-state index in [2.05, 4.69) is 31.4 Å². The summed E-state index contributed by atoms with van der Waals surface area (Å²) < 4.78 is 2.92. The normalized spacial score (nSPS) is 12.9. The topological polar surface area (TPSA) is 59.1 Å². The van der Waals surface area contributed by atoms with Gasteiger partial charge in [0, 0.05) is 11.0 Å². The van der Waals surface area contributed by atoms with E-state index in [9.17, 15) is 0 Å². The van der Waals surface area contributed by atoms with E-state index in [4.69, 9.17) is 17.4 Å². The Morgan fingerprint density at radius 3 is 2.62 bits per heavy atom. The van der Waals surface area contributed by atoms with E-state index in [1.54, 1.807) is 6.20 Å². The lowest BCUT2D eigenvalue weighted by Gasteiger charge is -2.20. The van der Waals surface area contributed by atoms with Crippen LogP contribution in [-0.2, 0) is 6.54 Å². The number of hydrogen-bond donors (Lipinski definition) is 2. The van der Waals surface area contributed by atoms with Gasteiger partial charge >= 0.3 is 0 Å². The van der Waals surface area contributed by atoms with Crippen molar-refractivity contribution in [3.05, 3.63) is 51.2 Å². The molecule has 1 heterocycles. The van der Waals surface area contributed by atoms with Crippen LogP contribution < -0.4 is 11.3 Å². The van der Waals surface area contributed by atoms with Crippen LogP contribution >= 0.6 is 27.5 Å². The maximum Gasteiger partial charge on any atom is 0.0893 e. The second-order valence-electron chi connectivity index (χ2n) is 5.06. The minimum atomic E-state index is -0.199. The molecule has 1 aromatic heterocycles. The molecule has 21 heavy (non-hydrogen) atoms. The number of hydrogen-bond acceptors (Lipinski definition) is 4. The van der Waals surface area contributed by atoms with Crippen molar-refractivity contribution in [2.75, 3.05) is 20.6 Å². The van der Waals surface area contributed by atoms with Crippen LogP contribution in [0, 0.1) is 0 Å². The molecule has 0 bridgehead atoms. The third-order valence-electron chi connectivity index (χ3n) is 3.24. The molecule has 114 valence electrons. The lowest BCUT2D eigenvalue weighted by molar-refractivity contribution is 0.365. The molecule has 3 N–H and O–H groups in total. The van der Waals surface area contributed by atoms with E-state index in [0.717, 1.165) is 28.8 Å². The van der Waals surface area contributed by atoms with Gasteiger partial charge < -0.3 is 4.90 Å². The number of hydrazine groups is 1. The zero-order valence-electron chi connectivity index (χ0n) is 12.1. The summed E-state index contributed by atoms with van der Waals surface area (Å²) in [5, 5.41) is 4.96. The zero-order chi connectivity index (χ0) is 15.4. The highest BCUT2D eigenvalue weighted by Crippen LogP contribution is 2.28. The summed E-state index contributed by atoms with van der Waals surface area (Å²) in [4.78, 5) is 2.10. The summed E-state index contributed by atoms with van der Waals surface area (Å²) in [6.45, 7) is 1.63. The molecule has 0 saturated carbocycles. The Labute approximate surface area is 138 Å². The highest BCUT2D eigenvalue weighted by Gasteiger charge is 2.21. The summed E-state index contributed by atoms with van der Waals surface area (Å²) in [6.07, 6.45) is 1.66. The third-order valence-corrected chi connectivity index (χ3v) is 4.06. The SMILES string of the molecule is CN(C)CCn1ncc(Cl)c1C(NN)c1ccc(Br)cc1. The van der Waals surface area contributed by atoms with Crippen molar-refractivity contribution in [2.24, 2.45) is 5.84 Å². The van der Waals surface area contributed by atoms with E-state index in [0.29, 0.717) is 5.02 Å². The molecule has 0 aliphatic rings. The smallest absolute Gasteiger partial charge is 0.0893 e. The number of halogens is 2. The minimum absolute atomic E-state index is 0.199. The minimum Gasteiger partial charge on any atom is -0.308 e. The fourth-order valence-electron chi connectivity index (χ4n) is 2.12. The quantitative estimate of drug-likeness (QED) is 0.604. The first-order valence-electron chi connectivity index (χ1n) is 6.60. The highest BCUT2D eigenvalue weighted by atomic mass is 79.9. The number of benzene rings is 1. The first-order valence-corrected chi connectivity index (χ1v) is 7.77. The van der Waals surface area contributed by atoms with Crippen molar-refractivity contribution in [1.29, 1.82) is 0 Å². The van der Waals surface area contributed by atoms with Crippen LogP contribution in [0.1, 0.15) is 17.3 Å². The zero-order valence-corrected chi connectivity index (χ0v) is 14.4. The monoisotopic (exact) mass is 371 g/mol. The molecule has 7 heteroatoms. The van der Waals surface area contributed by atoms with Crippen LogP contribution in [0.15, 0.2) is 34.9 Å². The Morgan fingerprint density at radius 2 is 2.05 bits per heavy atom. The second kappa shape index (κ2) is 7.38. The molecule has 1 atom stereocenters. The highest BCUT2D eigenvalue weighted by molar-refractivity contribution is 9.10. The molecule has 0 amide bonds.